The van der Waals surface area contributed by atoms with Gasteiger partial charge >= 0.3 is 13.0 Å². The molecule has 0 aliphatic carbocycles. The molecule has 0 aliphatic rings. The van der Waals surface area contributed by atoms with Crippen LogP contribution in [-0.4, -0.2) is 34.0 Å². The minimum Gasteiger partial charge on any atom is -0.475 e. The van der Waals surface area contributed by atoms with Gasteiger partial charge in [-0.3, -0.25) is 0 Å². The first-order valence-corrected chi connectivity index (χ1v) is 11.2. The Morgan fingerprint density at radius 3 is 1.27 bits per heavy atom. The Labute approximate surface area is 213 Å². The molecule has 3 rings (SSSR count). The number of halogens is 5. The Balaban J connectivity index is 0.000000278. The predicted octanol–water partition coefficient (Wildman–Crippen LogP) is 7.38. The summed E-state index contributed by atoms with van der Waals surface area (Å²) in [5, 5.41) is 0. The Hall–Kier alpha value is -3.50. The van der Waals surface area contributed by atoms with E-state index in [0.717, 1.165) is 16.7 Å². The van der Waals surface area contributed by atoms with Gasteiger partial charge in [0.05, 0.1) is 6.10 Å². The summed E-state index contributed by atoms with van der Waals surface area (Å²) >= 11 is 0. The van der Waals surface area contributed by atoms with Gasteiger partial charge in [-0.05, 0) is 88.8 Å². The summed E-state index contributed by atoms with van der Waals surface area (Å²) in [7, 11) is 0. The normalized spacial score (nSPS) is 10.8. The van der Waals surface area contributed by atoms with E-state index in [2.05, 4.69) is 31.3 Å². The monoisotopic (exact) mass is 529 g/mol. The summed E-state index contributed by atoms with van der Waals surface area (Å²) in [6.07, 6.45) is 0.213. The van der Waals surface area contributed by atoms with Crippen LogP contribution < -0.4 is 14.2 Å². The van der Waals surface area contributed by atoms with Crippen molar-refractivity contribution in [1.29, 1.82) is 0 Å². The lowest BCUT2D eigenvalue weighted by Gasteiger charge is -2.09. The second kappa shape index (κ2) is 14.3. The molecule has 3 heterocycles. The van der Waals surface area contributed by atoms with Crippen LogP contribution in [0.25, 0.3) is 0 Å². The maximum absolute atomic E-state index is 11.7. The molecule has 3 aromatic heterocycles. The van der Waals surface area contributed by atoms with Gasteiger partial charge in [0.15, 0.2) is 0 Å². The number of pyridine rings is 3. The maximum atomic E-state index is 11.7. The zero-order valence-electron chi connectivity index (χ0n) is 22.1. The highest BCUT2D eigenvalue weighted by Crippen LogP contribution is 2.22. The Bertz CT molecular complexity index is 1080. The molecule has 0 N–H and O–H groups in total. The molecule has 0 atom stereocenters. The molecule has 0 aromatic carbocycles. The van der Waals surface area contributed by atoms with Crippen LogP contribution in [0.4, 0.5) is 22.0 Å². The van der Waals surface area contributed by atoms with E-state index in [1.807, 2.05) is 46.9 Å². The molecule has 204 valence electrons. The second-order valence-electron chi connectivity index (χ2n) is 8.41. The van der Waals surface area contributed by atoms with E-state index < -0.39 is 18.9 Å². The van der Waals surface area contributed by atoms with E-state index >= 15 is 0 Å². The number of ether oxygens (including phenoxy) is 3. The summed E-state index contributed by atoms with van der Waals surface area (Å²) in [4.78, 5) is 11.3. The van der Waals surface area contributed by atoms with Crippen molar-refractivity contribution in [3.8, 4) is 17.6 Å². The fourth-order valence-electron chi connectivity index (χ4n) is 2.43. The lowest BCUT2D eigenvalue weighted by atomic mass is 10.2. The zero-order valence-corrected chi connectivity index (χ0v) is 22.1. The molecule has 0 amide bonds. The molecular weight excluding hydrogens is 497 g/mol. The number of aryl methyl sites for hydroxylation is 6. The zero-order chi connectivity index (χ0) is 28.3. The van der Waals surface area contributed by atoms with Crippen LogP contribution in [0.3, 0.4) is 0 Å². The third-order valence-corrected chi connectivity index (χ3v) is 4.83. The molecule has 0 bridgehead atoms. The van der Waals surface area contributed by atoms with Crippen molar-refractivity contribution in [1.82, 2.24) is 15.0 Å². The SMILES string of the molecule is Cc1cnc(OC(C)C)cc1C.Cc1cnc(OC(F)(F)F)cc1C.Cc1cnc(OC(F)F)cc1C. The van der Waals surface area contributed by atoms with Crippen molar-refractivity contribution in [3.05, 3.63) is 70.2 Å². The van der Waals surface area contributed by atoms with E-state index in [-0.39, 0.29) is 12.0 Å². The average Bonchev–Trinajstić information content (AvgIpc) is 2.75. The van der Waals surface area contributed by atoms with Gasteiger partial charge in [-0.2, -0.15) is 8.78 Å². The van der Waals surface area contributed by atoms with Crippen molar-refractivity contribution in [2.24, 2.45) is 0 Å². The minimum absolute atomic E-state index is 0.0342. The first-order chi connectivity index (χ1) is 17.1. The van der Waals surface area contributed by atoms with Crippen molar-refractivity contribution < 1.29 is 36.2 Å². The van der Waals surface area contributed by atoms with Crippen LogP contribution in [0, 0.1) is 41.5 Å². The highest BCUT2D eigenvalue weighted by atomic mass is 19.4. The standard InChI is InChI=1S/C10H15NO.C8H8F3NO.C8H9F2NO/c1-7(2)12-10-5-8(3)9(4)6-11-10;1-5-3-7(12-4-6(5)2)13-8(9,10)11;1-5-3-7(12-8(9)10)11-4-6(5)2/h5-7H,1-4H3;3-4H,1-2H3;3-4,8H,1-2H3. The largest absolute Gasteiger partial charge is 0.574 e. The third-order valence-electron chi connectivity index (χ3n) is 4.83. The molecule has 3 aromatic rings. The van der Waals surface area contributed by atoms with E-state index in [0.29, 0.717) is 11.4 Å². The third kappa shape index (κ3) is 12.9. The smallest absolute Gasteiger partial charge is 0.475 e. The van der Waals surface area contributed by atoms with Crippen LogP contribution in [0.1, 0.15) is 47.2 Å². The first-order valence-electron chi connectivity index (χ1n) is 11.2. The van der Waals surface area contributed by atoms with Gasteiger partial charge in [0, 0.05) is 36.8 Å². The number of aromatic nitrogens is 3. The fraction of sp³-hybridized carbons (Fsp3) is 0.423. The van der Waals surface area contributed by atoms with Crippen LogP contribution in [0.5, 0.6) is 17.6 Å². The summed E-state index contributed by atoms with van der Waals surface area (Å²) in [5.74, 6) is 0.261. The molecule has 0 radical (unpaired) electrons. The van der Waals surface area contributed by atoms with E-state index in [1.165, 1.54) is 35.7 Å². The van der Waals surface area contributed by atoms with Crippen molar-refractivity contribution in [3.63, 3.8) is 0 Å². The minimum atomic E-state index is -4.67. The summed E-state index contributed by atoms with van der Waals surface area (Å²) < 4.78 is 71.7. The molecular formula is C26H32F5N3O3. The number of rotatable bonds is 5. The lowest BCUT2D eigenvalue weighted by molar-refractivity contribution is -0.276. The molecule has 37 heavy (non-hydrogen) atoms. The first kappa shape index (κ1) is 31.5. The average molecular weight is 530 g/mol. The number of hydrogen-bond donors (Lipinski definition) is 0. The molecule has 0 unspecified atom stereocenters. The summed E-state index contributed by atoms with van der Waals surface area (Å²) in [6.45, 7) is 12.4. The predicted molar refractivity (Wildman–Crippen MR) is 130 cm³/mol. The van der Waals surface area contributed by atoms with Gasteiger partial charge in [0.25, 0.3) is 0 Å². The molecule has 0 saturated heterocycles. The van der Waals surface area contributed by atoms with Crippen molar-refractivity contribution >= 4 is 0 Å². The number of alkyl halides is 5. The second-order valence-corrected chi connectivity index (χ2v) is 8.41. The van der Waals surface area contributed by atoms with Crippen LogP contribution >= 0.6 is 0 Å². The number of nitrogens with zero attached hydrogens (tertiary/aromatic N) is 3. The highest BCUT2D eigenvalue weighted by molar-refractivity contribution is 5.28. The quantitative estimate of drug-likeness (QED) is 0.321. The Kier molecular flexibility index (Phi) is 12.2. The van der Waals surface area contributed by atoms with E-state index in [9.17, 15) is 22.0 Å². The summed E-state index contributed by atoms with van der Waals surface area (Å²) in [5.41, 5.74) is 5.81. The van der Waals surface area contributed by atoms with E-state index in [4.69, 9.17) is 4.74 Å². The van der Waals surface area contributed by atoms with Gasteiger partial charge in [-0.25, -0.2) is 15.0 Å². The Morgan fingerprint density at radius 2 is 0.946 bits per heavy atom. The maximum Gasteiger partial charge on any atom is 0.574 e. The van der Waals surface area contributed by atoms with Crippen LogP contribution in [0.15, 0.2) is 36.8 Å². The van der Waals surface area contributed by atoms with E-state index in [1.54, 1.807) is 13.8 Å². The van der Waals surface area contributed by atoms with Crippen LogP contribution in [0.2, 0.25) is 0 Å². The van der Waals surface area contributed by atoms with Crippen LogP contribution in [-0.2, 0) is 0 Å². The van der Waals surface area contributed by atoms with Gasteiger partial charge in [-0.1, -0.05) is 0 Å². The summed E-state index contributed by atoms with van der Waals surface area (Å²) in [6, 6.07) is 4.71. The molecule has 0 fully saturated rings. The van der Waals surface area contributed by atoms with Gasteiger partial charge in [0.2, 0.25) is 17.6 Å². The number of hydrogen-bond acceptors (Lipinski definition) is 6. The Morgan fingerprint density at radius 1 is 0.595 bits per heavy atom. The topological polar surface area (TPSA) is 66.4 Å². The fourth-order valence-corrected chi connectivity index (χ4v) is 2.43. The molecule has 6 nitrogen and oxygen atoms in total. The van der Waals surface area contributed by atoms with Crippen molar-refractivity contribution in [2.45, 2.75) is 74.5 Å². The van der Waals surface area contributed by atoms with Gasteiger partial charge in [-0.15, -0.1) is 13.2 Å². The molecule has 0 saturated carbocycles. The molecule has 0 aliphatic heterocycles. The lowest BCUT2D eigenvalue weighted by Crippen LogP contribution is -2.18. The molecule has 11 heteroatoms. The van der Waals surface area contributed by atoms with Gasteiger partial charge in [0.1, 0.15) is 0 Å². The van der Waals surface area contributed by atoms with Gasteiger partial charge < -0.3 is 14.2 Å². The highest BCUT2D eigenvalue weighted by Gasteiger charge is 2.31. The molecule has 0 spiro atoms. The van der Waals surface area contributed by atoms with Crippen molar-refractivity contribution in [2.75, 3.05) is 0 Å².